The number of hydrogen-bond acceptors (Lipinski definition) is 3. The van der Waals surface area contributed by atoms with E-state index < -0.39 is 0 Å². The molecule has 0 fully saturated rings. The number of para-hydroxylation sites is 4. The smallest absolute Gasteiger partial charge is 0.135 e. The van der Waals surface area contributed by atoms with E-state index in [-0.39, 0.29) is 0 Å². The first kappa shape index (κ1) is 53.6. The van der Waals surface area contributed by atoms with Gasteiger partial charge in [-0.05, 0) is 184 Å². The molecule has 450 valence electrons. The number of pyridine rings is 1. The van der Waals surface area contributed by atoms with Gasteiger partial charge in [0.05, 0.1) is 55.9 Å². The van der Waals surface area contributed by atoms with E-state index in [1.54, 1.807) is 0 Å². The number of furan rings is 1. The predicted molar refractivity (Wildman–Crippen MR) is 407 cm³/mol. The molecular formula is C91H55N5O. The van der Waals surface area contributed by atoms with Gasteiger partial charge in [-0.25, -0.2) is 4.98 Å². The lowest BCUT2D eigenvalue weighted by Crippen LogP contribution is -1.95. The molecule has 0 bridgehead atoms. The van der Waals surface area contributed by atoms with Crippen molar-refractivity contribution < 1.29 is 4.42 Å². The number of aliphatic imine (C=N–C) groups is 1. The second kappa shape index (κ2) is 20.3. The summed E-state index contributed by atoms with van der Waals surface area (Å²) in [6.45, 7) is 6.05. The van der Waals surface area contributed by atoms with E-state index in [9.17, 15) is 0 Å². The van der Waals surface area contributed by atoms with E-state index in [4.69, 9.17) is 9.40 Å². The average Bonchev–Trinajstić information content (AvgIpc) is 1.58. The average molecular weight is 1230 g/mol. The van der Waals surface area contributed by atoms with Crippen LogP contribution in [-0.2, 0) is 0 Å². The molecule has 19 aromatic rings. The zero-order chi connectivity index (χ0) is 63.7. The van der Waals surface area contributed by atoms with Crippen molar-refractivity contribution in [3.63, 3.8) is 0 Å². The molecule has 0 saturated carbocycles. The van der Waals surface area contributed by atoms with Crippen LogP contribution in [0.1, 0.15) is 18.1 Å². The van der Waals surface area contributed by atoms with Gasteiger partial charge in [0, 0.05) is 93.1 Å². The Hall–Kier alpha value is -12.9. The van der Waals surface area contributed by atoms with Crippen LogP contribution in [0.15, 0.2) is 313 Å². The molecule has 0 unspecified atom stereocenters. The van der Waals surface area contributed by atoms with E-state index in [1.807, 2.05) is 12.1 Å². The molecule has 0 atom stereocenters. The number of hydrogen-bond donors (Lipinski definition) is 0. The van der Waals surface area contributed by atoms with Crippen LogP contribution in [-0.4, -0.2) is 25.4 Å². The fraction of sp³-hybridized carbons (Fsp3) is 0.0110. The number of aromatic nitrogens is 4. The van der Waals surface area contributed by atoms with Crippen molar-refractivity contribution in [2.75, 3.05) is 0 Å². The van der Waals surface area contributed by atoms with Crippen molar-refractivity contribution in [2.24, 2.45) is 4.99 Å². The molecule has 0 amide bonds. The van der Waals surface area contributed by atoms with E-state index in [0.717, 1.165) is 123 Å². The van der Waals surface area contributed by atoms with Crippen molar-refractivity contribution in [2.45, 2.75) is 6.92 Å². The predicted octanol–water partition coefficient (Wildman–Crippen LogP) is 24.4. The van der Waals surface area contributed by atoms with E-state index in [0.29, 0.717) is 0 Å². The molecule has 5 aromatic heterocycles. The number of fused-ring (bicyclic) bond motifs is 15. The van der Waals surface area contributed by atoms with Crippen molar-refractivity contribution in [1.82, 2.24) is 18.7 Å². The Morgan fingerprint density at radius 1 is 0.330 bits per heavy atom. The van der Waals surface area contributed by atoms with Crippen molar-refractivity contribution in [1.29, 1.82) is 0 Å². The number of allylic oxidation sites excluding steroid dienone is 3. The van der Waals surface area contributed by atoms with E-state index >= 15 is 0 Å². The summed E-state index contributed by atoms with van der Waals surface area (Å²) in [6.07, 6.45) is 4.24. The highest BCUT2D eigenvalue weighted by Crippen LogP contribution is 2.51. The van der Waals surface area contributed by atoms with Gasteiger partial charge >= 0.3 is 0 Å². The minimum absolute atomic E-state index is 0.902. The molecule has 0 spiro atoms. The topological polar surface area (TPSA) is 53.2 Å². The standard InChI is InChI=1S/C91H55N5O/c1-3-16-69-67-38-37-61(66-23-14-25-72(88(66)67)90(69)92-2)57-29-35-63-75-48-53(31-42-81(75)94(84(63)51-57)59-17-6-4-7-18-59)54-32-43-82-76(49-54)64-36-30-58(52-85(64)95(82)60-19-8-5-9-20-60)78-41-39-70-68-40-45-80(71-24-15-26-73(89(68)71)91(70)93-78)96-79-27-12-10-21-62(79)74-47-55(33-44-83(74)96)56-34-46-87-77(50-56)65-22-11-13-28-86(65)97-87/h3-52H,2H2,1H3/b16-3-. The fourth-order valence-corrected chi connectivity index (χ4v) is 16.7. The second-order valence-corrected chi connectivity index (χ2v) is 25.9. The molecule has 0 N–H and O–H groups in total. The Morgan fingerprint density at radius 2 is 0.835 bits per heavy atom. The molecule has 0 radical (unpaired) electrons. The van der Waals surface area contributed by atoms with Crippen molar-refractivity contribution >= 4 is 127 Å². The van der Waals surface area contributed by atoms with Crippen LogP contribution in [0.3, 0.4) is 0 Å². The molecule has 14 aromatic carbocycles. The minimum Gasteiger partial charge on any atom is -0.456 e. The monoisotopic (exact) mass is 1230 g/mol. The maximum absolute atomic E-state index is 6.22. The van der Waals surface area contributed by atoms with Gasteiger partial charge < -0.3 is 18.1 Å². The van der Waals surface area contributed by atoms with Gasteiger partial charge in [0.1, 0.15) is 11.2 Å². The third-order valence-electron chi connectivity index (χ3n) is 20.9. The zero-order valence-electron chi connectivity index (χ0n) is 52.7. The summed E-state index contributed by atoms with van der Waals surface area (Å²) in [5.74, 6) is 0. The summed E-state index contributed by atoms with van der Waals surface area (Å²) < 4.78 is 13.5. The Morgan fingerprint density at radius 3 is 1.53 bits per heavy atom. The molecule has 0 saturated heterocycles. The van der Waals surface area contributed by atoms with Gasteiger partial charge in [-0.3, -0.25) is 4.99 Å². The van der Waals surface area contributed by atoms with Crippen LogP contribution in [0.5, 0.6) is 0 Å². The molecular weight excluding hydrogens is 1180 g/mol. The summed E-state index contributed by atoms with van der Waals surface area (Å²) in [4.78, 5) is 10.2. The van der Waals surface area contributed by atoms with Gasteiger partial charge in [0.2, 0.25) is 0 Å². The van der Waals surface area contributed by atoms with Crippen LogP contribution >= 0.6 is 0 Å². The SMILES string of the molecule is C=NC1=C(/C=C\C)c2ccc(-c3ccc4c5cc(-c6ccc7c(c6)c6ccc(-c8ccc9c(n8)-c8cccc%10c(-n%11c%12ccccc%12c%12cc(-c%13ccc%14oc%15ccccc%15c%14c%13)ccc%12%11)ccc-9c8%10)cc6n7-c6ccccc6)ccc5n(-c5ccccc5)c4c3)c3cccc1c23. The number of nitrogens with zero attached hydrogens (tertiary/aromatic N) is 5. The third kappa shape index (κ3) is 7.66. The van der Waals surface area contributed by atoms with Crippen LogP contribution in [0.4, 0.5) is 0 Å². The molecule has 0 aliphatic heterocycles. The molecule has 97 heavy (non-hydrogen) atoms. The maximum Gasteiger partial charge on any atom is 0.135 e. The Kier molecular flexibility index (Phi) is 11.2. The van der Waals surface area contributed by atoms with Crippen molar-refractivity contribution in [3.8, 4) is 84.1 Å². The molecule has 21 rings (SSSR count). The Bertz CT molecular complexity index is 6770. The van der Waals surface area contributed by atoms with Gasteiger partial charge in [-0.1, -0.05) is 188 Å². The maximum atomic E-state index is 6.22. The lowest BCUT2D eigenvalue weighted by Gasteiger charge is -2.13. The van der Waals surface area contributed by atoms with Gasteiger partial charge in [0.15, 0.2) is 0 Å². The molecule has 2 aliphatic rings. The van der Waals surface area contributed by atoms with Crippen LogP contribution < -0.4 is 0 Å². The van der Waals surface area contributed by atoms with E-state index in [2.05, 4.69) is 324 Å². The highest BCUT2D eigenvalue weighted by atomic mass is 16.3. The Balaban J connectivity index is 0.657. The Labute approximate surface area is 557 Å². The first-order valence-electron chi connectivity index (χ1n) is 33.2. The number of benzene rings is 14. The largest absolute Gasteiger partial charge is 0.456 e. The quantitative estimate of drug-likeness (QED) is 0.135. The summed E-state index contributed by atoms with van der Waals surface area (Å²) in [6, 6.07) is 107. The van der Waals surface area contributed by atoms with E-state index in [1.165, 1.54) is 92.7 Å². The molecule has 2 aliphatic carbocycles. The third-order valence-corrected chi connectivity index (χ3v) is 20.9. The summed E-state index contributed by atoms with van der Waals surface area (Å²) >= 11 is 0. The summed E-state index contributed by atoms with van der Waals surface area (Å²) in [5.41, 5.74) is 30.1. The lowest BCUT2D eigenvalue weighted by molar-refractivity contribution is 0.669. The molecule has 5 heterocycles. The summed E-state index contributed by atoms with van der Waals surface area (Å²) in [5, 5.41) is 14.3. The lowest BCUT2D eigenvalue weighted by atomic mass is 9.93. The fourth-order valence-electron chi connectivity index (χ4n) is 16.7. The van der Waals surface area contributed by atoms with Crippen LogP contribution in [0, 0.1) is 0 Å². The first-order valence-corrected chi connectivity index (χ1v) is 33.2. The van der Waals surface area contributed by atoms with Crippen LogP contribution in [0.25, 0.3) is 204 Å². The number of rotatable bonds is 9. The molecule has 6 nitrogen and oxygen atoms in total. The normalized spacial score (nSPS) is 12.8. The van der Waals surface area contributed by atoms with Crippen molar-refractivity contribution in [3.05, 3.63) is 314 Å². The second-order valence-electron chi connectivity index (χ2n) is 25.9. The minimum atomic E-state index is 0.902. The zero-order valence-corrected chi connectivity index (χ0v) is 52.7. The van der Waals surface area contributed by atoms with Crippen LogP contribution in [0.2, 0.25) is 0 Å². The first-order chi connectivity index (χ1) is 48.0. The highest BCUT2D eigenvalue weighted by Gasteiger charge is 2.28. The van der Waals surface area contributed by atoms with Gasteiger partial charge in [0.25, 0.3) is 0 Å². The molecule has 6 heteroatoms. The van der Waals surface area contributed by atoms with Gasteiger partial charge in [-0.2, -0.15) is 0 Å². The summed E-state index contributed by atoms with van der Waals surface area (Å²) in [7, 11) is 0. The van der Waals surface area contributed by atoms with Gasteiger partial charge in [-0.15, -0.1) is 0 Å². The highest BCUT2D eigenvalue weighted by molar-refractivity contribution is 6.22.